The summed E-state index contributed by atoms with van der Waals surface area (Å²) < 4.78 is 5.56. The van der Waals surface area contributed by atoms with Crippen LogP contribution in [0.5, 0.6) is 5.75 Å². The molecule has 0 bridgehead atoms. The van der Waals surface area contributed by atoms with Crippen molar-refractivity contribution in [2.45, 2.75) is 6.04 Å². The topological polar surface area (TPSA) is 95.9 Å². The van der Waals surface area contributed by atoms with E-state index in [0.717, 1.165) is 4.90 Å². The fourth-order valence-electron chi connectivity index (χ4n) is 2.03. The first kappa shape index (κ1) is 15.3. The predicted molar refractivity (Wildman–Crippen MR) is 76.2 cm³/mol. The lowest BCUT2D eigenvalue weighted by atomic mass is 10.1. The monoisotopic (exact) mass is 356 g/mol. The number of carboxylic acid groups (broad SMARTS) is 1. The van der Waals surface area contributed by atoms with E-state index in [1.807, 2.05) is 0 Å². The second-order valence-corrected chi connectivity index (χ2v) is 5.29. The Kier molecular flexibility index (Phi) is 4.46. The lowest BCUT2D eigenvalue weighted by molar-refractivity contribution is -0.144. The third-order valence-corrected chi connectivity index (χ3v) is 3.82. The largest absolute Gasteiger partial charge is 0.497 e. The molecule has 1 saturated heterocycles. The van der Waals surface area contributed by atoms with Crippen LogP contribution in [0.15, 0.2) is 22.7 Å². The fourth-order valence-corrected chi connectivity index (χ4v) is 2.44. The van der Waals surface area contributed by atoms with Gasteiger partial charge in [-0.15, -0.1) is 0 Å². The van der Waals surface area contributed by atoms with Crippen LogP contribution in [0.2, 0.25) is 0 Å². The number of nitrogens with zero attached hydrogens (tertiary/aromatic N) is 1. The zero-order chi connectivity index (χ0) is 15.6. The van der Waals surface area contributed by atoms with Gasteiger partial charge in [0.15, 0.2) is 0 Å². The van der Waals surface area contributed by atoms with Crippen LogP contribution < -0.4 is 10.1 Å². The normalized spacial score (nSPS) is 18.1. The molecule has 2 rings (SSSR count). The number of ether oxygens (including phenoxy) is 1. The van der Waals surface area contributed by atoms with Crippen LogP contribution in [0.25, 0.3) is 0 Å². The van der Waals surface area contributed by atoms with E-state index in [9.17, 15) is 19.5 Å². The number of piperazine rings is 1. The Morgan fingerprint density at radius 3 is 2.81 bits per heavy atom. The van der Waals surface area contributed by atoms with Crippen molar-refractivity contribution in [3.63, 3.8) is 0 Å². The fraction of sp³-hybridized carbons (Fsp3) is 0.308. The summed E-state index contributed by atoms with van der Waals surface area (Å²) in [7, 11) is 1.46. The number of rotatable bonds is 3. The average molecular weight is 357 g/mol. The molecule has 0 saturated carbocycles. The van der Waals surface area contributed by atoms with E-state index < -0.39 is 17.9 Å². The summed E-state index contributed by atoms with van der Waals surface area (Å²) in [5, 5.41) is 11.6. The zero-order valence-electron chi connectivity index (χ0n) is 11.1. The molecule has 0 spiro atoms. The molecular formula is C13H13BrN2O5. The van der Waals surface area contributed by atoms with E-state index in [-0.39, 0.29) is 24.6 Å². The van der Waals surface area contributed by atoms with Crippen molar-refractivity contribution >= 4 is 33.7 Å². The van der Waals surface area contributed by atoms with Crippen LogP contribution >= 0.6 is 15.9 Å². The number of amides is 2. The lowest BCUT2D eigenvalue weighted by Gasteiger charge is -2.33. The van der Waals surface area contributed by atoms with Gasteiger partial charge in [-0.3, -0.25) is 9.59 Å². The van der Waals surface area contributed by atoms with Crippen molar-refractivity contribution in [3.05, 3.63) is 28.2 Å². The summed E-state index contributed by atoms with van der Waals surface area (Å²) in [4.78, 5) is 36.3. The highest BCUT2D eigenvalue weighted by atomic mass is 79.9. The quantitative estimate of drug-likeness (QED) is 0.821. The number of carbonyl (C=O) groups excluding carboxylic acids is 2. The number of methoxy groups -OCH3 is 1. The second kappa shape index (κ2) is 6.13. The first-order valence-corrected chi connectivity index (χ1v) is 6.87. The van der Waals surface area contributed by atoms with Crippen LogP contribution in [0, 0.1) is 0 Å². The molecule has 1 aliphatic heterocycles. The summed E-state index contributed by atoms with van der Waals surface area (Å²) in [6, 6.07) is 3.70. The van der Waals surface area contributed by atoms with Crippen LogP contribution in [0.4, 0.5) is 0 Å². The minimum Gasteiger partial charge on any atom is -0.497 e. The molecule has 112 valence electrons. The van der Waals surface area contributed by atoms with Crippen molar-refractivity contribution < 1.29 is 24.2 Å². The maximum absolute atomic E-state index is 12.5. The van der Waals surface area contributed by atoms with Crippen LogP contribution in [0.1, 0.15) is 10.4 Å². The highest BCUT2D eigenvalue weighted by molar-refractivity contribution is 9.10. The van der Waals surface area contributed by atoms with Crippen molar-refractivity contribution in [2.24, 2.45) is 0 Å². The predicted octanol–water partition coefficient (Wildman–Crippen LogP) is 0.483. The minimum atomic E-state index is -1.16. The van der Waals surface area contributed by atoms with E-state index in [1.165, 1.54) is 13.2 Å². The molecule has 2 amide bonds. The number of carbonyl (C=O) groups is 3. The summed E-state index contributed by atoms with van der Waals surface area (Å²) >= 11 is 3.25. The molecule has 7 nitrogen and oxygen atoms in total. The average Bonchev–Trinajstić information content (AvgIpc) is 2.46. The molecule has 1 heterocycles. The SMILES string of the molecule is COc1ccc(Br)c(C(=O)N2CC(=O)NCC2C(=O)O)c1. The molecule has 0 radical (unpaired) electrons. The molecule has 2 N–H and O–H groups in total. The van der Waals surface area contributed by atoms with Gasteiger partial charge in [0.05, 0.1) is 12.7 Å². The number of nitrogens with one attached hydrogen (secondary N) is 1. The van der Waals surface area contributed by atoms with Crippen molar-refractivity contribution in [1.82, 2.24) is 10.2 Å². The van der Waals surface area contributed by atoms with Gasteiger partial charge in [0.2, 0.25) is 5.91 Å². The number of hydrogen-bond donors (Lipinski definition) is 2. The van der Waals surface area contributed by atoms with Gasteiger partial charge >= 0.3 is 5.97 Å². The van der Waals surface area contributed by atoms with E-state index in [0.29, 0.717) is 10.2 Å². The highest BCUT2D eigenvalue weighted by Crippen LogP contribution is 2.25. The molecule has 1 atom stereocenters. The maximum Gasteiger partial charge on any atom is 0.328 e. The summed E-state index contributed by atoms with van der Waals surface area (Å²) in [5.74, 6) is -1.62. The maximum atomic E-state index is 12.5. The number of benzene rings is 1. The minimum absolute atomic E-state index is 0.110. The number of aliphatic carboxylic acids is 1. The Balaban J connectivity index is 2.36. The van der Waals surface area contributed by atoms with Gasteiger partial charge < -0.3 is 20.1 Å². The Labute approximate surface area is 129 Å². The Hall–Kier alpha value is -2.09. The molecule has 21 heavy (non-hydrogen) atoms. The molecule has 1 aromatic rings. The van der Waals surface area contributed by atoms with Gasteiger partial charge in [-0.1, -0.05) is 0 Å². The van der Waals surface area contributed by atoms with Gasteiger partial charge in [-0.25, -0.2) is 4.79 Å². The van der Waals surface area contributed by atoms with Gasteiger partial charge in [0.25, 0.3) is 5.91 Å². The van der Waals surface area contributed by atoms with Crippen molar-refractivity contribution in [1.29, 1.82) is 0 Å². The first-order chi connectivity index (χ1) is 9.93. The van der Waals surface area contributed by atoms with Crippen molar-refractivity contribution in [3.8, 4) is 5.75 Å². The molecular weight excluding hydrogens is 344 g/mol. The molecule has 1 unspecified atom stereocenters. The second-order valence-electron chi connectivity index (χ2n) is 4.44. The summed E-state index contributed by atoms with van der Waals surface area (Å²) in [6.07, 6.45) is 0. The highest BCUT2D eigenvalue weighted by Gasteiger charge is 2.36. The van der Waals surface area contributed by atoms with Gasteiger partial charge in [-0.2, -0.15) is 0 Å². The number of carboxylic acids is 1. The number of halogens is 1. The van der Waals surface area contributed by atoms with E-state index in [2.05, 4.69) is 21.2 Å². The Morgan fingerprint density at radius 1 is 1.48 bits per heavy atom. The molecule has 8 heteroatoms. The number of hydrogen-bond acceptors (Lipinski definition) is 4. The van der Waals surface area contributed by atoms with Crippen molar-refractivity contribution in [2.75, 3.05) is 20.2 Å². The lowest BCUT2D eigenvalue weighted by Crippen LogP contribution is -2.59. The smallest absolute Gasteiger partial charge is 0.328 e. The van der Waals surface area contributed by atoms with E-state index in [4.69, 9.17) is 4.74 Å². The van der Waals surface area contributed by atoms with E-state index in [1.54, 1.807) is 12.1 Å². The standard InChI is InChI=1S/C13H13BrN2O5/c1-21-7-2-3-9(14)8(4-7)12(18)16-6-11(17)15-5-10(16)13(19)20/h2-4,10H,5-6H2,1H3,(H,15,17)(H,19,20). The molecule has 0 aliphatic carbocycles. The molecule has 0 aromatic heterocycles. The third-order valence-electron chi connectivity index (χ3n) is 3.13. The summed E-state index contributed by atoms with van der Waals surface area (Å²) in [5.41, 5.74) is 0.246. The Morgan fingerprint density at radius 2 is 2.19 bits per heavy atom. The van der Waals surface area contributed by atoms with Gasteiger partial charge in [0, 0.05) is 11.0 Å². The van der Waals surface area contributed by atoms with Gasteiger partial charge in [-0.05, 0) is 34.1 Å². The van der Waals surface area contributed by atoms with Crippen LogP contribution in [0.3, 0.4) is 0 Å². The van der Waals surface area contributed by atoms with E-state index >= 15 is 0 Å². The molecule has 1 fully saturated rings. The third kappa shape index (κ3) is 3.15. The molecule has 1 aromatic carbocycles. The summed E-state index contributed by atoms with van der Waals surface area (Å²) in [6.45, 7) is -0.402. The Bertz CT molecular complexity index is 604. The van der Waals surface area contributed by atoms with Crippen LogP contribution in [-0.4, -0.2) is 54.0 Å². The first-order valence-electron chi connectivity index (χ1n) is 6.08. The van der Waals surface area contributed by atoms with Crippen LogP contribution in [-0.2, 0) is 9.59 Å². The van der Waals surface area contributed by atoms with Gasteiger partial charge in [0.1, 0.15) is 18.3 Å². The molecule has 1 aliphatic rings. The zero-order valence-corrected chi connectivity index (χ0v) is 12.7.